The van der Waals surface area contributed by atoms with Crippen LogP contribution in [0.2, 0.25) is 0 Å². The van der Waals surface area contributed by atoms with Gasteiger partial charge in [-0.15, -0.1) is 0 Å². The van der Waals surface area contributed by atoms with E-state index in [0.717, 1.165) is 27.6 Å². The Labute approximate surface area is 107 Å². The summed E-state index contributed by atoms with van der Waals surface area (Å²) in [6.45, 7) is 0. The Morgan fingerprint density at radius 1 is 1.31 bits per heavy atom. The zero-order chi connectivity index (χ0) is 11.1. The van der Waals surface area contributed by atoms with Crippen LogP contribution in [-0.4, -0.2) is 9.55 Å². The number of fused-ring (bicyclic) bond motifs is 1. The maximum atomic E-state index is 5.40. The number of nitrogens with zero attached hydrogens (tertiary/aromatic N) is 1. The van der Waals surface area contributed by atoms with Gasteiger partial charge in [-0.3, -0.25) is 0 Å². The van der Waals surface area contributed by atoms with Gasteiger partial charge in [0, 0.05) is 10.5 Å². The predicted molar refractivity (Wildman–Crippen MR) is 72.2 cm³/mol. The molecule has 0 amide bonds. The van der Waals surface area contributed by atoms with Crippen LogP contribution in [0.25, 0.3) is 11.0 Å². The molecule has 1 aromatic heterocycles. The molecule has 82 valence electrons. The molecule has 0 unspecified atom stereocenters. The molecule has 2 aromatic rings. The highest BCUT2D eigenvalue weighted by atomic mass is 79.9. The van der Waals surface area contributed by atoms with Gasteiger partial charge in [0.2, 0.25) is 0 Å². The summed E-state index contributed by atoms with van der Waals surface area (Å²) in [6, 6.07) is 6.74. The van der Waals surface area contributed by atoms with Gasteiger partial charge in [-0.1, -0.05) is 28.1 Å². The number of aromatic amines is 1. The molecule has 0 spiro atoms. The molecule has 4 heteroatoms. The van der Waals surface area contributed by atoms with Gasteiger partial charge in [-0.2, -0.15) is 0 Å². The van der Waals surface area contributed by atoms with Gasteiger partial charge in [0.05, 0.1) is 11.0 Å². The van der Waals surface area contributed by atoms with Crippen molar-refractivity contribution < 1.29 is 0 Å². The average Bonchev–Trinajstić information content (AvgIpc) is 2.83. The first kappa shape index (κ1) is 10.3. The molecule has 0 aliphatic heterocycles. The van der Waals surface area contributed by atoms with Crippen molar-refractivity contribution in [2.45, 2.75) is 18.9 Å². The second-order valence-electron chi connectivity index (χ2n) is 4.06. The Balaban J connectivity index is 2.23. The van der Waals surface area contributed by atoms with E-state index in [1.807, 2.05) is 0 Å². The Hall–Kier alpha value is -0.870. The molecule has 0 atom stereocenters. The standard InChI is InChI=1S/C12H11BrN2S/c13-8-5-6-11-10(7-8)14-12(16)15(11)9-3-1-2-4-9/h1-2,5-7,9H,3-4H2,(H,14,16). The highest BCUT2D eigenvalue weighted by Crippen LogP contribution is 2.29. The Morgan fingerprint density at radius 2 is 2.06 bits per heavy atom. The first-order chi connectivity index (χ1) is 7.75. The molecule has 1 heterocycles. The summed E-state index contributed by atoms with van der Waals surface area (Å²) in [5, 5.41) is 0. The Kier molecular flexibility index (Phi) is 2.48. The molecule has 3 rings (SSSR count). The van der Waals surface area contributed by atoms with Gasteiger partial charge < -0.3 is 9.55 Å². The second kappa shape index (κ2) is 3.86. The van der Waals surface area contributed by atoms with Crippen molar-refractivity contribution in [3.05, 3.63) is 39.6 Å². The molecule has 0 fully saturated rings. The summed E-state index contributed by atoms with van der Waals surface area (Å²) in [5.74, 6) is 0. The van der Waals surface area contributed by atoms with Gasteiger partial charge in [0.1, 0.15) is 0 Å². The van der Waals surface area contributed by atoms with E-state index in [1.165, 1.54) is 5.52 Å². The quantitative estimate of drug-likeness (QED) is 0.612. The molecule has 1 aromatic carbocycles. The number of hydrogen-bond donors (Lipinski definition) is 1. The molecule has 0 saturated carbocycles. The SMILES string of the molecule is S=c1[nH]c2cc(Br)ccc2n1C1CC=CC1. The molecule has 16 heavy (non-hydrogen) atoms. The summed E-state index contributed by atoms with van der Waals surface area (Å²) in [6.07, 6.45) is 6.61. The highest BCUT2D eigenvalue weighted by molar-refractivity contribution is 9.10. The van der Waals surface area contributed by atoms with Crippen LogP contribution >= 0.6 is 28.1 Å². The van der Waals surface area contributed by atoms with Crippen molar-refractivity contribution in [3.8, 4) is 0 Å². The fraction of sp³-hybridized carbons (Fsp3) is 0.250. The molecular formula is C12H11BrN2S. The van der Waals surface area contributed by atoms with E-state index in [0.29, 0.717) is 6.04 Å². The number of halogens is 1. The van der Waals surface area contributed by atoms with Gasteiger partial charge in [-0.25, -0.2) is 0 Å². The largest absolute Gasteiger partial charge is 0.331 e. The average molecular weight is 295 g/mol. The third-order valence-corrected chi connectivity index (χ3v) is 3.82. The van der Waals surface area contributed by atoms with Crippen molar-refractivity contribution in [3.63, 3.8) is 0 Å². The summed E-state index contributed by atoms with van der Waals surface area (Å²) in [7, 11) is 0. The van der Waals surface area contributed by atoms with E-state index in [2.05, 4.69) is 55.8 Å². The lowest BCUT2D eigenvalue weighted by Gasteiger charge is -2.12. The molecular weight excluding hydrogens is 284 g/mol. The number of rotatable bonds is 1. The third kappa shape index (κ3) is 1.57. The maximum Gasteiger partial charge on any atom is 0.178 e. The number of nitrogens with one attached hydrogen (secondary N) is 1. The van der Waals surface area contributed by atoms with Crippen LogP contribution in [0, 0.1) is 4.77 Å². The third-order valence-electron chi connectivity index (χ3n) is 3.03. The minimum absolute atomic E-state index is 0.488. The van der Waals surface area contributed by atoms with Crippen molar-refractivity contribution in [1.29, 1.82) is 0 Å². The first-order valence-electron chi connectivity index (χ1n) is 5.30. The Morgan fingerprint density at radius 3 is 2.81 bits per heavy atom. The number of allylic oxidation sites excluding steroid dienone is 2. The molecule has 0 bridgehead atoms. The summed E-state index contributed by atoms with van der Waals surface area (Å²) >= 11 is 8.87. The minimum Gasteiger partial charge on any atom is -0.331 e. The van der Waals surface area contributed by atoms with Crippen LogP contribution in [0.3, 0.4) is 0 Å². The van der Waals surface area contributed by atoms with Gasteiger partial charge in [0.15, 0.2) is 4.77 Å². The maximum absolute atomic E-state index is 5.40. The number of benzene rings is 1. The van der Waals surface area contributed by atoms with E-state index in [1.54, 1.807) is 0 Å². The Bertz CT molecular complexity index is 615. The van der Waals surface area contributed by atoms with E-state index < -0.39 is 0 Å². The van der Waals surface area contributed by atoms with E-state index in [-0.39, 0.29) is 0 Å². The number of imidazole rings is 1. The molecule has 0 radical (unpaired) electrons. The number of hydrogen-bond acceptors (Lipinski definition) is 1. The molecule has 1 N–H and O–H groups in total. The van der Waals surface area contributed by atoms with Crippen LogP contribution in [0.5, 0.6) is 0 Å². The van der Waals surface area contributed by atoms with Gasteiger partial charge in [-0.05, 0) is 43.3 Å². The lowest BCUT2D eigenvalue weighted by Crippen LogP contribution is -2.04. The number of H-pyrrole nitrogens is 1. The lowest BCUT2D eigenvalue weighted by atomic mass is 10.2. The summed E-state index contributed by atoms with van der Waals surface area (Å²) in [5.41, 5.74) is 2.30. The van der Waals surface area contributed by atoms with Crippen LogP contribution in [0.15, 0.2) is 34.8 Å². The zero-order valence-electron chi connectivity index (χ0n) is 8.61. The van der Waals surface area contributed by atoms with E-state index in [4.69, 9.17) is 12.2 Å². The summed E-state index contributed by atoms with van der Waals surface area (Å²) < 4.78 is 4.13. The molecule has 1 aliphatic rings. The second-order valence-corrected chi connectivity index (χ2v) is 5.36. The first-order valence-corrected chi connectivity index (χ1v) is 6.50. The minimum atomic E-state index is 0.488. The molecule has 0 saturated heterocycles. The smallest absolute Gasteiger partial charge is 0.178 e. The van der Waals surface area contributed by atoms with Crippen molar-refractivity contribution >= 4 is 39.2 Å². The van der Waals surface area contributed by atoms with Crippen molar-refractivity contribution in [1.82, 2.24) is 9.55 Å². The van der Waals surface area contributed by atoms with Crippen LogP contribution in [0.4, 0.5) is 0 Å². The lowest BCUT2D eigenvalue weighted by molar-refractivity contribution is 0.544. The number of aromatic nitrogens is 2. The summed E-state index contributed by atoms with van der Waals surface area (Å²) in [4.78, 5) is 3.26. The van der Waals surface area contributed by atoms with Gasteiger partial charge >= 0.3 is 0 Å². The van der Waals surface area contributed by atoms with Crippen LogP contribution in [-0.2, 0) is 0 Å². The van der Waals surface area contributed by atoms with Crippen LogP contribution in [0.1, 0.15) is 18.9 Å². The predicted octanol–water partition coefficient (Wildman–Crippen LogP) is 4.35. The normalized spacial score (nSPS) is 16.3. The topological polar surface area (TPSA) is 20.7 Å². The van der Waals surface area contributed by atoms with Crippen molar-refractivity contribution in [2.75, 3.05) is 0 Å². The highest BCUT2D eigenvalue weighted by Gasteiger charge is 2.16. The zero-order valence-corrected chi connectivity index (χ0v) is 11.0. The van der Waals surface area contributed by atoms with Crippen molar-refractivity contribution in [2.24, 2.45) is 0 Å². The fourth-order valence-corrected chi connectivity index (χ4v) is 3.00. The molecule has 2 nitrogen and oxygen atoms in total. The fourth-order valence-electron chi connectivity index (χ4n) is 2.28. The monoisotopic (exact) mass is 294 g/mol. The van der Waals surface area contributed by atoms with Crippen LogP contribution < -0.4 is 0 Å². The van der Waals surface area contributed by atoms with Gasteiger partial charge in [0.25, 0.3) is 0 Å². The van der Waals surface area contributed by atoms with E-state index in [9.17, 15) is 0 Å². The van der Waals surface area contributed by atoms with E-state index >= 15 is 0 Å². The molecule has 1 aliphatic carbocycles.